The third-order valence-corrected chi connectivity index (χ3v) is 1.91. The zero-order chi connectivity index (χ0) is 8.20. The molecule has 0 radical (unpaired) electrons. The second-order valence-corrected chi connectivity index (χ2v) is 3.70. The number of sulfonamides is 1. The number of nitrogens with zero attached hydrogens (tertiary/aromatic N) is 1. The first-order valence-corrected chi connectivity index (χ1v) is 4.39. The van der Waals surface area contributed by atoms with Crippen LogP contribution in [0.25, 0.3) is 0 Å². The fraction of sp³-hybridized carbons (Fsp3) is 0.333. The molecule has 0 aromatic rings. The van der Waals surface area contributed by atoms with E-state index in [1.54, 1.807) is 0 Å². The lowest BCUT2D eigenvalue weighted by Crippen LogP contribution is -2.19. The number of allylic oxidation sites excluding steroid dienone is 1. The van der Waals surface area contributed by atoms with E-state index in [9.17, 15) is 8.42 Å². The highest BCUT2D eigenvalue weighted by molar-refractivity contribution is 7.88. The molecule has 0 amide bonds. The van der Waals surface area contributed by atoms with Gasteiger partial charge in [0.1, 0.15) is 0 Å². The Hall–Kier alpha value is -0.950. The van der Waals surface area contributed by atoms with Gasteiger partial charge in [0.25, 0.3) is 0 Å². The van der Waals surface area contributed by atoms with Crippen molar-refractivity contribution in [2.45, 2.75) is 0 Å². The van der Waals surface area contributed by atoms with Gasteiger partial charge in [-0.25, -0.2) is 12.7 Å². The van der Waals surface area contributed by atoms with Crippen molar-refractivity contribution < 1.29 is 8.42 Å². The molecular weight excluding hydrogens is 150 g/mol. The Bertz CT molecular complexity index is 268. The lowest BCUT2D eigenvalue weighted by molar-refractivity contribution is 0.554. The quantitative estimate of drug-likeness (QED) is 0.399. The molecule has 0 rings (SSSR count). The van der Waals surface area contributed by atoms with Crippen LogP contribution in [0.5, 0.6) is 0 Å². The van der Waals surface area contributed by atoms with Gasteiger partial charge in [-0.1, -0.05) is 12.5 Å². The van der Waals surface area contributed by atoms with Crippen LogP contribution in [0.4, 0.5) is 0 Å². The molecule has 0 aromatic carbocycles. The maximum atomic E-state index is 10.6. The molecular formula is C6H9NO2S. The minimum absolute atomic E-state index is 0.939. The molecule has 0 aromatic heterocycles. The minimum atomic E-state index is -3.16. The van der Waals surface area contributed by atoms with Crippen molar-refractivity contribution in [3.05, 3.63) is 12.7 Å². The van der Waals surface area contributed by atoms with Crippen molar-refractivity contribution in [2.24, 2.45) is 0 Å². The lowest BCUT2D eigenvalue weighted by atomic mass is 10.7. The Morgan fingerprint density at radius 1 is 1.60 bits per heavy atom. The molecule has 10 heavy (non-hydrogen) atoms. The van der Waals surface area contributed by atoms with Crippen LogP contribution in [0.15, 0.2) is 12.7 Å². The molecule has 56 valence electrons. The predicted octanol–water partition coefficient (Wildman–Crippen LogP) is 0.0247. The fourth-order valence-electron chi connectivity index (χ4n) is 0.219. The van der Waals surface area contributed by atoms with Gasteiger partial charge in [-0.2, -0.15) is 0 Å². The van der Waals surface area contributed by atoms with Gasteiger partial charge < -0.3 is 0 Å². The van der Waals surface area contributed by atoms with Gasteiger partial charge in [0, 0.05) is 13.1 Å². The van der Waals surface area contributed by atoms with Crippen LogP contribution in [0.1, 0.15) is 0 Å². The first-order valence-electron chi connectivity index (χ1n) is 2.54. The van der Waals surface area contributed by atoms with Crippen molar-refractivity contribution >= 4 is 10.0 Å². The normalized spacial score (nSPS) is 9.40. The second kappa shape index (κ2) is 3.28. The summed E-state index contributed by atoms with van der Waals surface area (Å²) >= 11 is 0. The zero-order valence-electron chi connectivity index (χ0n) is 5.96. The van der Waals surface area contributed by atoms with Gasteiger partial charge in [0.2, 0.25) is 10.0 Å². The maximum absolute atomic E-state index is 10.6. The average Bonchev–Trinajstić information content (AvgIpc) is 1.80. The van der Waals surface area contributed by atoms with E-state index in [1.807, 2.05) is 0 Å². The molecule has 0 bridgehead atoms. The largest absolute Gasteiger partial charge is 0.238 e. The van der Waals surface area contributed by atoms with E-state index in [2.05, 4.69) is 18.5 Å². The van der Waals surface area contributed by atoms with Gasteiger partial charge >= 0.3 is 0 Å². The van der Waals surface area contributed by atoms with Gasteiger partial charge in [-0.3, -0.25) is 0 Å². The standard InChI is InChI=1S/C6H9NO2S/c1-4-5-6-7(2)10(3,8)9/h4H,1H2,2-3H3. The van der Waals surface area contributed by atoms with Gasteiger partial charge in [-0.15, -0.1) is 0 Å². The van der Waals surface area contributed by atoms with Crippen molar-refractivity contribution in [1.29, 1.82) is 0 Å². The highest BCUT2D eigenvalue weighted by Gasteiger charge is 2.03. The summed E-state index contributed by atoms with van der Waals surface area (Å²) in [4.78, 5) is 0. The number of hydrogen-bond acceptors (Lipinski definition) is 2. The number of rotatable bonds is 1. The van der Waals surface area contributed by atoms with Crippen molar-refractivity contribution in [2.75, 3.05) is 13.3 Å². The molecule has 0 heterocycles. The summed E-state index contributed by atoms with van der Waals surface area (Å²) in [7, 11) is -1.78. The Morgan fingerprint density at radius 3 is 2.40 bits per heavy atom. The smallest absolute Gasteiger partial charge is 0.232 e. The number of hydrogen-bond donors (Lipinski definition) is 0. The lowest BCUT2D eigenvalue weighted by Gasteiger charge is -2.05. The molecule has 0 aliphatic rings. The fourth-order valence-corrected chi connectivity index (χ4v) is 0.438. The molecule has 0 N–H and O–H groups in total. The van der Waals surface area contributed by atoms with Crippen LogP contribution in [0.2, 0.25) is 0 Å². The van der Waals surface area contributed by atoms with E-state index in [1.165, 1.54) is 13.1 Å². The monoisotopic (exact) mass is 159 g/mol. The summed E-state index contributed by atoms with van der Waals surface area (Å²) in [6.45, 7) is 3.32. The van der Waals surface area contributed by atoms with E-state index in [4.69, 9.17) is 0 Å². The van der Waals surface area contributed by atoms with E-state index in [-0.39, 0.29) is 0 Å². The minimum Gasteiger partial charge on any atom is -0.232 e. The zero-order valence-corrected chi connectivity index (χ0v) is 6.77. The molecule has 0 spiro atoms. The predicted molar refractivity (Wildman–Crippen MR) is 40.6 cm³/mol. The Kier molecular flexibility index (Phi) is 2.97. The average molecular weight is 159 g/mol. The van der Waals surface area contributed by atoms with Crippen molar-refractivity contribution in [1.82, 2.24) is 4.31 Å². The summed E-state index contributed by atoms with van der Waals surface area (Å²) in [6.07, 6.45) is 2.42. The van der Waals surface area contributed by atoms with Crippen LogP contribution in [-0.2, 0) is 10.0 Å². The highest BCUT2D eigenvalue weighted by atomic mass is 32.2. The van der Waals surface area contributed by atoms with Crippen LogP contribution >= 0.6 is 0 Å². The summed E-state index contributed by atoms with van der Waals surface area (Å²) in [5.74, 6) is 2.42. The van der Waals surface area contributed by atoms with Gasteiger partial charge in [0.15, 0.2) is 0 Å². The third kappa shape index (κ3) is 3.15. The van der Waals surface area contributed by atoms with Crippen LogP contribution in [0, 0.1) is 12.0 Å². The molecule has 0 unspecified atom stereocenters. The van der Waals surface area contributed by atoms with Gasteiger partial charge in [-0.05, 0) is 6.08 Å². The summed E-state index contributed by atoms with van der Waals surface area (Å²) in [5.41, 5.74) is 0. The maximum Gasteiger partial charge on any atom is 0.238 e. The highest BCUT2D eigenvalue weighted by Crippen LogP contribution is 1.87. The first-order chi connectivity index (χ1) is 4.48. The van der Waals surface area contributed by atoms with Crippen LogP contribution in [-0.4, -0.2) is 26.0 Å². The van der Waals surface area contributed by atoms with Crippen LogP contribution < -0.4 is 0 Å². The Balaban J connectivity index is 4.40. The van der Waals surface area contributed by atoms with E-state index in [0.717, 1.165) is 10.6 Å². The molecule has 0 saturated heterocycles. The molecule has 3 nitrogen and oxygen atoms in total. The molecule has 0 fully saturated rings. The summed E-state index contributed by atoms with van der Waals surface area (Å²) in [5, 5.41) is 0. The van der Waals surface area contributed by atoms with E-state index in [0.29, 0.717) is 0 Å². The van der Waals surface area contributed by atoms with E-state index < -0.39 is 10.0 Å². The summed E-state index contributed by atoms with van der Waals surface area (Å²) < 4.78 is 22.2. The van der Waals surface area contributed by atoms with Crippen molar-refractivity contribution in [3.8, 4) is 12.0 Å². The van der Waals surface area contributed by atoms with Gasteiger partial charge in [0.05, 0.1) is 6.26 Å². The van der Waals surface area contributed by atoms with E-state index >= 15 is 0 Å². The Morgan fingerprint density at radius 2 is 2.10 bits per heavy atom. The first kappa shape index (κ1) is 9.05. The topological polar surface area (TPSA) is 37.4 Å². The molecule has 0 atom stereocenters. The third-order valence-electron chi connectivity index (χ3n) is 0.822. The SMILES string of the molecule is C=CC#CN(C)S(C)(=O)=O. The molecule has 0 saturated carbocycles. The molecule has 0 aliphatic heterocycles. The summed E-state index contributed by atoms with van der Waals surface area (Å²) in [6, 6.07) is 2.35. The van der Waals surface area contributed by atoms with Crippen LogP contribution in [0.3, 0.4) is 0 Å². The molecule has 0 aliphatic carbocycles. The molecule has 4 heteroatoms. The Labute approximate surface area is 61.4 Å². The second-order valence-electron chi connectivity index (χ2n) is 1.69. The van der Waals surface area contributed by atoms with Crippen molar-refractivity contribution in [3.63, 3.8) is 0 Å².